The van der Waals surface area contributed by atoms with Gasteiger partial charge >= 0.3 is 0 Å². The summed E-state index contributed by atoms with van der Waals surface area (Å²) in [6.45, 7) is 2.07. The molecule has 2 unspecified atom stereocenters. The van der Waals surface area contributed by atoms with Crippen LogP contribution in [0.4, 0.5) is 0 Å². The van der Waals surface area contributed by atoms with E-state index in [9.17, 15) is 4.79 Å². The summed E-state index contributed by atoms with van der Waals surface area (Å²) in [4.78, 5) is 14.7. The number of fused-ring (bicyclic) bond motifs is 2. The van der Waals surface area contributed by atoms with E-state index < -0.39 is 0 Å². The summed E-state index contributed by atoms with van der Waals surface area (Å²) in [6.07, 6.45) is 4.61. The average molecular weight is 343 g/mol. The normalized spacial score (nSPS) is 26.0. The number of halogens is 2. The SMILES string of the molecule is O=C(CCN1CC2CCC1C2)c1ccc(Br)cc1Cl. The second-order valence-corrected chi connectivity index (χ2v) is 6.95. The van der Waals surface area contributed by atoms with Crippen molar-refractivity contribution in [2.75, 3.05) is 13.1 Å². The van der Waals surface area contributed by atoms with Gasteiger partial charge in [-0.15, -0.1) is 0 Å². The molecule has 2 nitrogen and oxygen atoms in total. The molecule has 2 aliphatic rings. The van der Waals surface area contributed by atoms with Crippen LogP contribution in [0.2, 0.25) is 5.02 Å². The van der Waals surface area contributed by atoms with E-state index in [0.717, 1.165) is 23.0 Å². The van der Waals surface area contributed by atoms with E-state index in [4.69, 9.17) is 11.6 Å². The predicted molar refractivity (Wildman–Crippen MR) is 80.8 cm³/mol. The van der Waals surface area contributed by atoms with Crippen LogP contribution in [0.15, 0.2) is 22.7 Å². The number of Topliss-reactive ketones (excluding diaryl/α,β-unsaturated/α-hetero) is 1. The van der Waals surface area contributed by atoms with E-state index in [2.05, 4.69) is 20.8 Å². The van der Waals surface area contributed by atoms with Gasteiger partial charge in [-0.05, 0) is 43.4 Å². The Morgan fingerprint density at radius 1 is 1.42 bits per heavy atom. The molecule has 1 heterocycles. The van der Waals surface area contributed by atoms with E-state index in [0.29, 0.717) is 17.0 Å². The Hall–Kier alpha value is -0.380. The fourth-order valence-corrected chi connectivity index (χ4v) is 4.17. The number of nitrogens with zero attached hydrogens (tertiary/aromatic N) is 1. The number of carbonyl (C=O) groups is 1. The summed E-state index contributed by atoms with van der Waals surface area (Å²) >= 11 is 9.47. The number of hydrogen-bond acceptors (Lipinski definition) is 2. The van der Waals surface area contributed by atoms with Crippen LogP contribution in [0, 0.1) is 5.92 Å². The molecular formula is C15H17BrClNO. The summed E-state index contributed by atoms with van der Waals surface area (Å²) in [7, 11) is 0. The van der Waals surface area contributed by atoms with Crippen LogP contribution < -0.4 is 0 Å². The van der Waals surface area contributed by atoms with Gasteiger partial charge in [-0.3, -0.25) is 9.69 Å². The molecule has 2 bridgehead atoms. The Morgan fingerprint density at radius 2 is 2.26 bits per heavy atom. The lowest BCUT2D eigenvalue weighted by Gasteiger charge is -2.26. The minimum absolute atomic E-state index is 0.153. The van der Waals surface area contributed by atoms with Gasteiger partial charge in [-0.1, -0.05) is 27.5 Å². The Bertz CT molecular complexity index is 505. The fourth-order valence-electron chi connectivity index (χ4n) is 3.40. The van der Waals surface area contributed by atoms with Gasteiger partial charge in [0.1, 0.15) is 0 Å². The minimum atomic E-state index is 0.153. The van der Waals surface area contributed by atoms with Crippen molar-refractivity contribution in [3.8, 4) is 0 Å². The van der Waals surface area contributed by atoms with E-state index >= 15 is 0 Å². The van der Waals surface area contributed by atoms with E-state index in [-0.39, 0.29) is 5.78 Å². The molecule has 0 amide bonds. The van der Waals surface area contributed by atoms with Crippen molar-refractivity contribution in [3.63, 3.8) is 0 Å². The van der Waals surface area contributed by atoms with Crippen LogP contribution in [-0.2, 0) is 0 Å². The lowest BCUT2D eigenvalue weighted by Crippen LogP contribution is -2.33. The zero-order valence-electron chi connectivity index (χ0n) is 10.7. The number of piperidine rings is 1. The lowest BCUT2D eigenvalue weighted by molar-refractivity contribution is 0.0955. The van der Waals surface area contributed by atoms with Crippen molar-refractivity contribution in [2.45, 2.75) is 31.7 Å². The van der Waals surface area contributed by atoms with Crippen molar-refractivity contribution >= 4 is 33.3 Å². The van der Waals surface area contributed by atoms with E-state index in [1.807, 2.05) is 12.1 Å². The Labute approximate surface area is 127 Å². The fraction of sp³-hybridized carbons (Fsp3) is 0.533. The summed E-state index contributed by atoms with van der Waals surface area (Å²) in [5.74, 6) is 1.04. The van der Waals surface area contributed by atoms with E-state index in [1.54, 1.807) is 6.07 Å². The minimum Gasteiger partial charge on any atom is -0.300 e. The molecule has 1 saturated carbocycles. The first-order valence-corrected chi connectivity index (χ1v) is 8.03. The monoisotopic (exact) mass is 341 g/mol. The maximum absolute atomic E-state index is 12.2. The van der Waals surface area contributed by atoms with Gasteiger partial charge in [0, 0.05) is 35.6 Å². The third-order valence-electron chi connectivity index (χ3n) is 4.38. The zero-order chi connectivity index (χ0) is 13.4. The van der Waals surface area contributed by atoms with Crippen LogP contribution in [0.1, 0.15) is 36.0 Å². The number of carbonyl (C=O) groups excluding carboxylic acids is 1. The van der Waals surface area contributed by atoms with Gasteiger partial charge in [-0.25, -0.2) is 0 Å². The third kappa shape index (κ3) is 2.88. The standard InChI is InChI=1S/C15H17BrClNO/c16-11-2-4-13(14(17)8-11)15(19)5-6-18-9-10-1-3-12(18)7-10/h2,4,8,10,12H,1,3,5-7,9H2. The van der Waals surface area contributed by atoms with Gasteiger partial charge < -0.3 is 0 Å². The second kappa shape index (κ2) is 5.55. The van der Waals surface area contributed by atoms with Crippen molar-refractivity contribution in [1.29, 1.82) is 0 Å². The molecule has 0 N–H and O–H groups in total. The molecule has 19 heavy (non-hydrogen) atoms. The maximum atomic E-state index is 12.2. The van der Waals surface area contributed by atoms with Crippen molar-refractivity contribution in [2.24, 2.45) is 5.92 Å². The number of likely N-dealkylation sites (tertiary alicyclic amines) is 1. The van der Waals surface area contributed by atoms with Gasteiger partial charge in [-0.2, -0.15) is 0 Å². The molecule has 4 heteroatoms. The van der Waals surface area contributed by atoms with Crippen LogP contribution in [-0.4, -0.2) is 29.8 Å². The molecule has 1 saturated heterocycles. The van der Waals surface area contributed by atoms with Crippen LogP contribution in [0.5, 0.6) is 0 Å². The molecule has 102 valence electrons. The Morgan fingerprint density at radius 3 is 2.89 bits per heavy atom. The third-order valence-corrected chi connectivity index (χ3v) is 5.19. The highest BCUT2D eigenvalue weighted by Crippen LogP contribution is 2.37. The van der Waals surface area contributed by atoms with Crippen molar-refractivity contribution < 1.29 is 4.79 Å². The summed E-state index contributed by atoms with van der Waals surface area (Å²) in [5, 5.41) is 0.544. The summed E-state index contributed by atoms with van der Waals surface area (Å²) in [5.41, 5.74) is 0.647. The molecule has 2 atom stereocenters. The highest BCUT2D eigenvalue weighted by atomic mass is 79.9. The van der Waals surface area contributed by atoms with E-state index in [1.165, 1.54) is 25.8 Å². The lowest BCUT2D eigenvalue weighted by atomic mass is 10.1. The first-order chi connectivity index (χ1) is 9.13. The molecule has 1 aromatic rings. The molecule has 1 aliphatic heterocycles. The summed E-state index contributed by atoms with van der Waals surface area (Å²) in [6, 6.07) is 6.20. The first-order valence-electron chi connectivity index (χ1n) is 6.86. The molecular weight excluding hydrogens is 326 g/mol. The molecule has 0 radical (unpaired) electrons. The smallest absolute Gasteiger partial charge is 0.165 e. The Kier molecular flexibility index (Phi) is 3.97. The van der Waals surface area contributed by atoms with Crippen LogP contribution in [0.3, 0.4) is 0 Å². The highest BCUT2D eigenvalue weighted by Gasteiger charge is 2.37. The molecule has 0 aromatic heterocycles. The van der Waals surface area contributed by atoms with Crippen LogP contribution in [0.25, 0.3) is 0 Å². The van der Waals surface area contributed by atoms with Gasteiger partial charge in [0.05, 0.1) is 5.02 Å². The summed E-state index contributed by atoms with van der Waals surface area (Å²) < 4.78 is 0.908. The molecule has 3 rings (SSSR count). The molecule has 2 fully saturated rings. The molecule has 1 aliphatic carbocycles. The largest absolute Gasteiger partial charge is 0.300 e. The average Bonchev–Trinajstić information content (AvgIpc) is 2.98. The molecule has 1 aromatic carbocycles. The number of benzene rings is 1. The molecule has 0 spiro atoms. The number of hydrogen-bond donors (Lipinski definition) is 0. The van der Waals surface area contributed by atoms with Crippen molar-refractivity contribution in [3.05, 3.63) is 33.3 Å². The first kappa shape index (κ1) is 13.6. The van der Waals surface area contributed by atoms with Gasteiger partial charge in [0.15, 0.2) is 5.78 Å². The Balaban J connectivity index is 1.59. The topological polar surface area (TPSA) is 20.3 Å². The second-order valence-electron chi connectivity index (χ2n) is 5.63. The highest BCUT2D eigenvalue weighted by molar-refractivity contribution is 9.10. The predicted octanol–water partition coefficient (Wildman–Crippen LogP) is 4.16. The number of rotatable bonds is 4. The maximum Gasteiger partial charge on any atom is 0.165 e. The van der Waals surface area contributed by atoms with Gasteiger partial charge in [0.2, 0.25) is 0 Å². The number of ketones is 1. The van der Waals surface area contributed by atoms with Crippen molar-refractivity contribution in [1.82, 2.24) is 4.90 Å². The van der Waals surface area contributed by atoms with Gasteiger partial charge in [0.25, 0.3) is 0 Å². The van der Waals surface area contributed by atoms with Crippen LogP contribution >= 0.6 is 27.5 Å². The zero-order valence-corrected chi connectivity index (χ0v) is 13.1. The quantitative estimate of drug-likeness (QED) is 0.766.